The van der Waals surface area contributed by atoms with E-state index in [4.69, 9.17) is 0 Å². The Labute approximate surface area is 124 Å². The van der Waals surface area contributed by atoms with Crippen molar-refractivity contribution < 1.29 is 9.59 Å². The van der Waals surface area contributed by atoms with E-state index in [1.54, 1.807) is 6.07 Å². The van der Waals surface area contributed by atoms with Gasteiger partial charge in [-0.15, -0.1) is 12.6 Å². The molecule has 0 unspecified atom stereocenters. The molecule has 2 fully saturated rings. The predicted molar refractivity (Wildman–Crippen MR) is 78.9 cm³/mol. The molecule has 2 aliphatic rings. The van der Waals surface area contributed by atoms with E-state index in [-0.39, 0.29) is 17.7 Å². The van der Waals surface area contributed by atoms with Gasteiger partial charge < -0.3 is 9.80 Å². The molecule has 0 aromatic heterocycles. The molecule has 3 rings (SSSR count). The van der Waals surface area contributed by atoms with Crippen molar-refractivity contribution in [3.8, 4) is 0 Å². The number of carbonyl (C=O) groups excluding carboxylic acids is 2. The number of amides is 2. The maximum atomic E-state index is 12.4. The van der Waals surface area contributed by atoms with Crippen molar-refractivity contribution in [3.05, 3.63) is 29.8 Å². The smallest absolute Gasteiger partial charge is 0.255 e. The van der Waals surface area contributed by atoms with E-state index in [0.29, 0.717) is 36.6 Å². The highest BCUT2D eigenvalue weighted by atomic mass is 32.1. The van der Waals surface area contributed by atoms with Gasteiger partial charge in [0.25, 0.3) is 5.91 Å². The van der Waals surface area contributed by atoms with Crippen molar-refractivity contribution in [1.29, 1.82) is 0 Å². The fraction of sp³-hybridized carbons (Fsp3) is 0.467. The van der Waals surface area contributed by atoms with Crippen LogP contribution in [0.4, 0.5) is 0 Å². The lowest BCUT2D eigenvalue weighted by molar-refractivity contribution is -0.134. The normalized spacial score (nSPS) is 19.1. The van der Waals surface area contributed by atoms with Gasteiger partial charge in [-0.05, 0) is 25.0 Å². The zero-order valence-electron chi connectivity index (χ0n) is 11.3. The van der Waals surface area contributed by atoms with Gasteiger partial charge in [-0.25, -0.2) is 0 Å². The molecule has 1 saturated carbocycles. The van der Waals surface area contributed by atoms with Gasteiger partial charge in [0.05, 0.1) is 5.56 Å². The minimum Gasteiger partial charge on any atom is -0.339 e. The lowest BCUT2D eigenvalue weighted by Gasteiger charge is -2.35. The Morgan fingerprint density at radius 2 is 1.60 bits per heavy atom. The van der Waals surface area contributed by atoms with Gasteiger partial charge in [0.2, 0.25) is 5.91 Å². The van der Waals surface area contributed by atoms with Gasteiger partial charge in [0, 0.05) is 37.0 Å². The molecular weight excluding hydrogens is 272 g/mol. The maximum Gasteiger partial charge on any atom is 0.255 e. The van der Waals surface area contributed by atoms with Crippen molar-refractivity contribution >= 4 is 24.4 Å². The second-order valence-electron chi connectivity index (χ2n) is 5.41. The molecular formula is C15H18N2O2S. The number of benzene rings is 1. The molecule has 0 bridgehead atoms. The SMILES string of the molecule is O=C(c1ccccc1S)N1CCN(C(=O)C2CC2)CC1. The van der Waals surface area contributed by atoms with Gasteiger partial charge >= 0.3 is 0 Å². The second-order valence-corrected chi connectivity index (χ2v) is 5.89. The number of rotatable bonds is 2. The molecule has 1 aromatic carbocycles. The standard InChI is InChI=1S/C15H18N2O2S/c18-14(11-5-6-11)16-7-9-17(10-8-16)15(19)12-3-1-2-4-13(12)20/h1-4,11,20H,5-10H2. The first-order valence-electron chi connectivity index (χ1n) is 7.03. The van der Waals surface area contributed by atoms with Crippen LogP contribution in [0.2, 0.25) is 0 Å². The number of thiol groups is 1. The van der Waals surface area contributed by atoms with Crippen LogP contribution in [0.25, 0.3) is 0 Å². The van der Waals surface area contributed by atoms with Crippen LogP contribution in [0.3, 0.4) is 0 Å². The summed E-state index contributed by atoms with van der Waals surface area (Å²) in [7, 11) is 0. The zero-order valence-corrected chi connectivity index (χ0v) is 12.2. The number of carbonyl (C=O) groups is 2. The van der Waals surface area contributed by atoms with Crippen LogP contribution < -0.4 is 0 Å². The molecule has 1 heterocycles. The Bertz CT molecular complexity index is 534. The largest absolute Gasteiger partial charge is 0.339 e. The fourth-order valence-electron chi connectivity index (χ4n) is 2.54. The number of nitrogens with zero attached hydrogens (tertiary/aromatic N) is 2. The van der Waals surface area contributed by atoms with Crippen molar-refractivity contribution in [2.24, 2.45) is 5.92 Å². The summed E-state index contributed by atoms with van der Waals surface area (Å²) in [6.45, 7) is 2.52. The van der Waals surface area contributed by atoms with Crippen molar-refractivity contribution in [3.63, 3.8) is 0 Å². The molecule has 5 heteroatoms. The van der Waals surface area contributed by atoms with Gasteiger partial charge in [-0.3, -0.25) is 9.59 Å². The zero-order chi connectivity index (χ0) is 14.1. The molecule has 2 amide bonds. The highest BCUT2D eigenvalue weighted by molar-refractivity contribution is 7.80. The van der Waals surface area contributed by atoms with E-state index in [1.165, 1.54) is 0 Å². The third kappa shape index (κ3) is 2.68. The summed E-state index contributed by atoms with van der Waals surface area (Å²) in [5, 5.41) is 0. The Morgan fingerprint density at radius 1 is 1.00 bits per heavy atom. The van der Waals surface area contributed by atoms with Crippen molar-refractivity contribution in [2.75, 3.05) is 26.2 Å². The second kappa shape index (κ2) is 5.48. The Morgan fingerprint density at radius 3 is 2.20 bits per heavy atom. The summed E-state index contributed by atoms with van der Waals surface area (Å²) in [6.07, 6.45) is 2.07. The average molecular weight is 290 g/mol. The lowest BCUT2D eigenvalue weighted by Crippen LogP contribution is -2.51. The molecule has 0 N–H and O–H groups in total. The first-order valence-corrected chi connectivity index (χ1v) is 7.47. The number of piperazine rings is 1. The van der Waals surface area contributed by atoms with Gasteiger partial charge in [0.15, 0.2) is 0 Å². The molecule has 20 heavy (non-hydrogen) atoms. The highest BCUT2D eigenvalue weighted by Crippen LogP contribution is 2.31. The van der Waals surface area contributed by atoms with Crippen LogP contribution in [0, 0.1) is 5.92 Å². The predicted octanol–water partition coefficient (Wildman–Crippen LogP) is 1.67. The van der Waals surface area contributed by atoms with Crippen LogP contribution in [-0.4, -0.2) is 47.8 Å². The Balaban J connectivity index is 1.61. The molecule has 1 aromatic rings. The fourth-order valence-corrected chi connectivity index (χ4v) is 2.80. The minimum atomic E-state index is 0.00845. The van der Waals surface area contributed by atoms with Crippen LogP contribution >= 0.6 is 12.6 Å². The molecule has 1 aliphatic carbocycles. The van der Waals surface area contributed by atoms with Crippen molar-refractivity contribution in [1.82, 2.24) is 9.80 Å². The Hall–Kier alpha value is -1.49. The first kappa shape index (κ1) is 13.5. The first-order chi connectivity index (χ1) is 9.66. The average Bonchev–Trinajstić information content (AvgIpc) is 3.31. The minimum absolute atomic E-state index is 0.00845. The van der Waals surface area contributed by atoms with Crippen molar-refractivity contribution in [2.45, 2.75) is 17.7 Å². The maximum absolute atomic E-state index is 12.4. The molecule has 1 saturated heterocycles. The molecule has 0 radical (unpaired) electrons. The molecule has 1 aliphatic heterocycles. The van der Waals surface area contributed by atoms with Crippen LogP contribution in [0.5, 0.6) is 0 Å². The molecule has 106 valence electrons. The van der Waals surface area contributed by atoms with Crippen LogP contribution in [0.1, 0.15) is 23.2 Å². The summed E-state index contributed by atoms with van der Waals surface area (Å²) in [5.41, 5.74) is 0.637. The van der Waals surface area contributed by atoms with E-state index >= 15 is 0 Å². The summed E-state index contributed by atoms with van der Waals surface area (Å²) < 4.78 is 0. The summed E-state index contributed by atoms with van der Waals surface area (Å²) in [4.78, 5) is 28.8. The summed E-state index contributed by atoms with van der Waals surface area (Å²) >= 11 is 4.33. The number of hydrogen-bond donors (Lipinski definition) is 1. The molecule has 0 spiro atoms. The highest BCUT2D eigenvalue weighted by Gasteiger charge is 2.35. The van der Waals surface area contributed by atoms with Gasteiger partial charge in [-0.2, -0.15) is 0 Å². The molecule has 4 nitrogen and oxygen atoms in total. The quantitative estimate of drug-likeness (QED) is 0.842. The summed E-state index contributed by atoms with van der Waals surface area (Å²) in [6, 6.07) is 7.33. The van der Waals surface area contributed by atoms with E-state index in [1.807, 2.05) is 28.0 Å². The van der Waals surface area contributed by atoms with Gasteiger partial charge in [-0.1, -0.05) is 12.1 Å². The monoisotopic (exact) mass is 290 g/mol. The third-order valence-corrected chi connectivity index (χ3v) is 4.33. The third-order valence-electron chi connectivity index (χ3n) is 3.94. The van der Waals surface area contributed by atoms with Crippen LogP contribution in [0.15, 0.2) is 29.2 Å². The topological polar surface area (TPSA) is 40.6 Å². The lowest BCUT2D eigenvalue weighted by atomic mass is 10.1. The summed E-state index contributed by atoms with van der Waals surface area (Å²) in [5.74, 6) is 0.538. The van der Waals surface area contributed by atoms with Crippen LogP contribution in [-0.2, 0) is 4.79 Å². The van der Waals surface area contributed by atoms with Gasteiger partial charge in [0.1, 0.15) is 0 Å². The van der Waals surface area contributed by atoms with E-state index in [0.717, 1.165) is 12.8 Å². The molecule has 0 atom stereocenters. The Kier molecular flexibility index (Phi) is 3.70. The van der Waals surface area contributed by atoms with E-state index in [9.17, 15) is 9.59 Å². The van der Waals surface area contributed by atoms with E-state index in [2.05, 4.69) is 12.6 Å². The number of hydrogen-bond acceptors (Lipinski definition) is 3. The van der Waals surface area contributed by atoms with E-state index < -0.39 is 0 Å².